The first-order valence-electron chi connectivity index (χ1n) is 4.84. The molecule has 0 atom stereocenters. The third kappa shape index (κ3) is 2.94. The number of rotatable bonds is 3. The predicted molar refractivity (Wildman–Crippen MR) is 60.5 cm³/mol. The van der Waals surface area contributed by atoms with Gasteiger partial charge in [-0.3, -0.25) is 10.1 Å². The van der Waals surface area contributed by atoms with Crippen LogP contribution in [0.5, 0.6) is 0 Å². The van der Waals surface area contributed by atoms with E-state index < -0.39 is 11.0 Å². The highest BCUT2D eigenvalue weighted by atomic mass is 16.6. The Hall–Kier alpha value is -2.11. The number of carbonyl (C=O) groups excluding carboxylic acids is 1. The average molecular weight is 223 g/mol. The van der Waals surface area contributed by atoms with Crippen molar-refractivity contribution < 1.29 is 9.72 Å². The Kier molecular flexibility index (Phi) is 3.82. The normalized spacial score (nSPS) is 9.62. The van der Waals surface area contributed by atoms with Gasteiger partial charge in [-0.1, -0.05) is 6.07 Å². The third-order valence-corrected chi connectivity index (χ3v) is 1.93. The lowest BCUT2D eigenvalue weighted by molar-refractivity contribution is -0.383. The van der Waals surface area contributed by atoms with Gasteiger partial charge in [0, 0.05) is 12.6 Å². The summed E-state index contributed by atoms with van der Waals surface area (Å²) in [6.45, 7) is 4.03. The third-order valence-electron chi connectivity index (χ3n) is 1.93. The summed E-state index contributed by atoms with van der Waals surface area (Å²) in [7, 11) is 0. The van der Waals surface area contributed by atoms with Crippen molar-refractivity contribution in [3.63, 3.8) is 0 Å². The molecule has 6 nitrogen and oxygen atoms in total. The van der Waals surface area contributed by atoms with Crippen molar-refractivity contribution >= 4 is 17.4 Å². The highest BCUT2D eigenvalue weighted by Crippen LogP contribution is 2.24. The molecule has 0 bridgehead atoms. The topological polar surface area (TPSA) is 84.3 Å². The molecule has 0 spiro atoms. The second-order valence-corrected chi connectivity index (χ2v) is 3.26. The van der Waals surface area contributed by atoms with E-state index in [0.29, 0.717) is 6.54 Å². The number of hydrogen-bond acceptors (Lipinski definition) is 3. The van der Waals surface area contributed by atoms with Gasteiger partial charge in [0.25, 0.3) is 5.69 Å². The maximum Gasteiger partial charge on any atom is 0.319 e. The van der Waals surface area contributed by atoms with Crippen LogP contribution in [-0.2, 0) is 0 Å². The second kappa shape index (κ2) is 5.11. The predicted octanol–water partition coefficient (Wildman–Crippen LogP) is 2.04. The molecule has 0 aliphatic carbocycles. The Morgan fingerprint density at radius 1 is 1.50 bits per heavy atom. The summed E-state index contributed by atoms with van der Waals surface area (Å²) in [4.78, 5) is 21.4. The molecule has 0 saturated heterocycles. The van der Waals surface area contributed by atoms with E-state index in [9.17, 15) is 14.9 Å². The van der Waals surface area contributed by atoms with Crippen LogP contribution < -0.4 is 10.6 Å². The second-order valence-electron chi connectivity index (χ2n) is 3.26. The zero-order valence-electron chi connectivity index (χ0n) is 9.11. The van der Waals surface area contributed by atoms with Crippen LogP contribution in [0.3, 0.4) is 0 Å². The number of amides is 2. The largest absolute Gasteiger partial charge is 0.338 e. The number of carbonyl (C=O) groups is 1. The standard InChI is InChI=1S/C10H13N3O3/c1-3-11-10(14)12-8-6-7(2)4-5-9(8)13(15)16/h4-6H,3H2,1-2H3,(H2,11,12,14). The molecule has 2 N–H and O–H groups in total. The lowest BCUT2D eigenvalue weighted by atomic mass is 10.2. The van der Waals surface area contributed by atoms with Gasteiger partial charge in [0.2, 0.25) is 0 Å². The number of nitro groups is 1. The molecule has 0 unspecified atom stereocenters. The first-order valence-corrected chi connectivity index (χ1v) is 4.84. The Bertz CT molecular complexity index is 418. The molecule has 0 radical (unpaired) electrons. The molecule has 0 aliphatic rings. The monoisotopic (exact) mass is 223 g/mol. The average Bonchev–Trinajstić information content (AvgIpc) is 2.17. The molecule has 2 amide bonds. The van der Waals surface area contributed by atoms with Crippen LogP contribution >= 0.6 is 0 Å². The molecule has 0 saturated carbocycles. The fourth-order valence-electron chi connectivity index (χ4n) is 1.24. The molecule has 0 aromatic heterocycles. The molecule has 1 aromatic rings. The maximum atomic E-state index is 11.3. The van der Waals surface area contributed by atoms with E-state index >= 15 is 0 Å². The summed E-state index contributed by atoms with van der Waals surface area (Å²) in [6, 6.07) is 4.11. The van der Waals surface area contributed by atoms with Gasteiger partial charge in [-0.05, 0) is 25.5 Å². The van der Waals surface area contributed by atoms with Gasteiger partial charge in [0.05, 0.1) is 4.92 Å². The summed E-state index contributed by atoms with van der Waals surface area (Å²) in [5, 5.41) is 15.7. The molecule has 16 heavy (non-hydrogen) atoms. The molecular weight excluding hydrogens is 210 g/mol. The summed E-state index contributed by atoms with van der Waals surface area (Å²) in [5.74, 6) is 0. The smallest absolute Gasteiger partial charge is 0.319 e. The number of aryl methyl sites for hydroxylation is 1. The van der Waals surface area contributed by atoms with E-state index in [0.717, 1.165) is 5.56 Å². The Morgan fingerprint density at radius 2 is 2.19 bits per heavy atom. The lowest BCUT2D eigenvalue weighted by Gasteiger charge is -2.07. The summed E-state index contributed by atoms with van der Waals surface area (Å²) in [6.07, 6.45) is 0. The Balaban J connectivity index is 2.96. The van der Waals surface area contributed by atoms with Crippen molar-refractivity contribution in [2.24, 2.45) is 0 Å². The van der Waals surface area contributed by atoms with Crippen LogP contribution in [0.2, 0.25) is 0 Å². The number of nitrogens with zero attached hydrogens (tertiary/aromatic N) is 1. The van der Waals surface area contributed by atoms with Crippen LogP contribution in [0.15, 0.2) is 18.2 Å². The van der Waals surface area contributed by atoms with Gasteiger partial charge < -0.3 is 10.6 Å². The van der Waals surface area contributed by atoms with Crippen molar-refractivity contribution in [2.75, 3.05) is 11.9 Å². The van der Waals surface area contributed by atoms with E-state index in [2.05, 4.69) is 10.6 Å². The molecule has 1 aromatic carbocycles. The SMILES string of the molecule is CCNC(=O)Nc1cc(C)ccc1[N+](=O)[O-]. The first-order chi connectivity index (χ1) is 7.54. The van der Waals surface area contributed by atoms with Crippen LogP contribution in [0.1, 0.15) is 12.5 Å². The van der Waals surface area contributed by atoms with Crippen LogP contribution in [0.4, 0.5) is 16.2 Å². The number of urea groups is 1. The fraction of sp³-hybridized carbons (Fsp3) is 0.300. The van der Waals surface area contributed by atoms with E-state index in [-0.39, 0.29) is 11.4 Å². The summed E-state index contributed by atoms with van der Waals surface area (Å²) < 4.78 is 0. The molecule has 0 fully saturated rings. The van der Waals surface area contributed by atoms with Crippen molar-refractivity contribution in [3.8, 4) is 0 Å². The van der Waals surface area contributed by atoms with Crippen LogP contribution in [0.25, 0.3) is 0 Å². The Morgan fingerprint density at radius 3 is 2.75 bits per heavy atom. The van der Waals surface area contributed by atoms with Gasteiger partial charge in [0.15, 0.2) is 0 Å². The minimum Gasteiger partial charge on any atom is -0.338 e. The van der Waals surface area contributed by atoms with Crippen molar-refractivity contribution in [1.29, 1.82) is 0 Å². The van der Waals surface area contributed by atoms with Gasteiger partial charge >= 0.3 is 6.03 Å². The zero-order chi connectivity index (χ0) is 12.1. The number of benzene rings is 1. The summed E-state index contributed by atoms with van der Waals surface area (Å²) >= 11 is 0. The highest BCUT2D eigenvalue weighted by molar-refractivity contribution is 5.91. The first kappa shape index (κ1) is 12.0. The van der Waals surface area contributed by atoms with Crippen molar-refractivity contribution in [1.82, 2.24) is 5.32 Å². The molecule has 0 heterocycles. The molecule has 0 aliphatic heterocycles. The van der Waals surface area contributed by atoms with Crippen LogP contribution in [-0.4, -0.2) is 17.5 Å². The van der Waals surface area contributed by atoms with E-state index in [4.69, 9.17) is 0 Å². The van der Waals surface area contributed by atoms with E-state index in [1.807, 2.05) is 0 Å². The van der Waals surface area contributed by atoms with Crippen molar-refractivity contribution in [3.05, 3.63) is 33.9 Å². The van der Waals surface area contributed by atoms with Crippen LogP contribution in [0, 0.1) is 17.0 Å². The lowest BCUT2D eigenvalue weighted by Crippen LogP contribution is -2.28. The molecule has 1 rings (SSSR count). The molecule has 6 heteroatoms. The molecular formula is C10H13N3O3. The van der Waals surface area contributed by atoms with Gasteiger partial charge in [-0.2, -0.15) is 0 Å². The van der Waals surface area contributed by atoms with Gasteiger partial charge in [-0.15, -0.1) is 0 Å². The molecule has 86 valence electrons. The zero-order valence-corrected chi connectivity index (χ0v) is 9.11. The Labute approximate surface area is 92.8 Å². The maximum absolute atomic E-state index is 11.3. The number of anilines is 1. The highest BCUT2D eigenvalue weighted by Gasteiger charge is 2.15. The summed E-state index contributed by atoms with van der Waals surface area (Å²) in [5.41, 5.74) is 0.935. The number of hydrogen-bond donors (Lipinski definition) is 2. The van der Waals surface area contributed by atoms with E-state index in [1.165, 1.54) is 6.07 Å². The van der Waals surface area contributed by atoms with E-state index in [1.54, 1.807) is 26.0 Å². The van der Waals surface area contributed by atoms with Gasteiger partial charge in [0.1, 0.15) is 5.69 Å². The number of nitrogens with one attached hydrogen (secondary N) is 2. The van der Waals surface area contributed by atoms with Gasteiger partial charge in [-0.25, -0.2) is 4.79 Å². The quantitative estimate of drug-likeness (QED) is 0.607. The number of nitro benzene ring substituents is 1. The minimum absolute atomic E-state index is 0.114. The fourth-order valence-corrected chi connectivity index (χ4v) is 1.24. The van der Waals surface area contributed by atoms with Crippen molar-refractivity contribution in [2.45, 2.75) is 13.8 Å². The minimum atomic E-state index is -0.527.